The first-order valence-electron chi connectivity index (χ1n) is 9.54. The summed E-state index contributed by atoms with van der Waals surface area (Å²) in [6.45, 7) is 6.01. The lowest BCUT2D eigenvalue weighted by Crippen LogP contribution is -2.56. The summed E-state index contributed by atoms with van der Waals surface area (Å²) in [5.74, 6) is -2.12. The van der Waals surface area contributed by atoms with Gasteiger partial charge in [-0.3, -0.25) is 19.2 Å². The maximum atomic E-state index is 13.1. The molecule has 0 aromatic rings. The van der Waals surface area contributed by atoms with E-state index in [1.165, 1.54) is 11.8 Å². The van der Waals surface area contributed by atoms with Gasteiger partial charge in [-0.05, 0) is 38.5 Å². The minimum Gasteiger partial charge on any atom is -0.480 e. The van der Waals surface area contributed by atoms with Crippen molar-refractivity contribution in [1.29, 1.82) is 0 Å². The van der Waals surface area contributed by atoms with Crippen molar-refractivity contribution in [3.05, 3.63) is 0 Å². The Balaban J connectivity index is 2.09. The second-order valence-corrected chi connectivity index (χ2v) is 7.72. The number of nitrogens with zero attached hydrogens (tertiary/aromatic N) is 2. The minimum absolute atomic E-state index is 0.0309. The lowest BCUT2D eigenvalue weighted by Gasteiger charge is -2.32. The second kappa shape index (κ2) is 8.69. The fraction of sp³-hybridized carbons (Fsp3) is 0.778. The van der Waals surface area contributed by atoms with Crippen LogP contribution in [0.3, 0.4) is 0 Å². The van der Waals surface area contributed by atoms with E-state index < -0.39 is 36.0 Å². The third kappa shape index (κ3) is 4.58. The zero-order valence-corrected chi connectivity index (χ0v) is 16.2. The van der Waals surface area contributed by atoms with Gasteiger partial charge in [-0.25, -0.2) is 0 Å². The summed E-state index contributed by atoms with van der Waals surface area (Å²) in [5, 5.41) is 11.4. The van der Waals surface area contributed by atoms with Gasteiger partial charge in [0.25, 0.3) is 0 Å². The second-order valence-electron chi connectivity index (χ2n) is 7.72. The fourth-order valence-electron chi connectivity index (χ4n) is 3.63. The molecule has 4 atom stereocenters. The zero-order valence-electron chi connectivity index (χ0n) is 16.2. The highest BCUT2D eigenvalue weighted by Crippen LogP contribution is 2.26. The number of carbonyl (C=O) groups excluding carboxylic acids is 3. The SMILES string of the molecule is CC(NC(=O)C1CCCN1C(=O)C1CCCN1C(=O)C(N)C(C)C)C(=O)O. The molecular weight excluding hydrogens is 352 g/mol. The quantitative estimate of drug-likeness (QED) is 0.569. The Kier molecular flexibility index (Phi) is 6.80. The van der Waals surface area contributed by atoms with Crippen LogP contribution in [0.5, 0.6) is 0 Å². The first-order valence-corrected chi connectivity index (χ1v) is 9.54. The molecule has 2 aliphatic rings. The summed E-state index contributed by atoms with van der Waals surface area (Å²) >= 11 is 0. The molecule has 0 bridgehead atoms. The van der Waals surface area contributed by atoms with Crippen LogP contribution in [0.2, 0.25) is 0 Å². The molecular formula is C18H30N4O5. The van der Waals surface area contributed by atoms with Gasteiger partial charge in [0.1, 0.15) is 18.1 Å². The molecule has 0 spiro atoms. The van der Waals surface area contributed by atoms with Gasteiger partial charge in [0, 0.05) is 13.1 Å². The van der Waals surface area contributed by atoms with Crippen molar-refractivity contribution in [3.63, 3.8) is 0 Å². The molecule has 2 aliphatic heterocycles. The first-order chi connectivity index (χ1) is 12.6. The van der Waals surface area contributed by atoms with E-state index in [1.807, 2.05) is 13.8 Å². The van der Waals surface area contributed by atoms with E-state index in [0.717, 1.165) is 0 Å². The largest absolute Gasteiger partial charge is 0.480 e. The van der Waals surface area contributed by atoms with Crippen molar-refractivity contribution < 1.29 is 24.3 Å². The van der Waals surface area contributed by atoms with E-state index in [-0.39, 0.29) is 17.7 Å². The van der Waals surface area contributed by atoms with Crippen LogP contribution in [-0.4, -0.2) is 75.9 Å². The summed E-state index contributed by atoms with van der Waals surface area (Å²) in [6, 6.07) is -2.99. The maximum Gasteiger partial charge on any atom is 0.325 e. The number of amides is 3. The van der Waals surface area contributed by atoms with Crippen LogP contribution >= 0.6 is 0 Å². The van der Waals surface area contributed by atoms with Crippen LogP contribution < -0.4 is 11.1 Å². The molecule has 152 valence electrons. The number of carbonyl (C=O) groups is 4. The van der Waals surface area contributed by atoms with Gasteiger partial charge in [-0.1, -0.05) is 13.8 Å². The maximum absolute atomic E-state index is 13.1. The number of carboxylic acid groups (broad SMARTS) is 1. The molecule has 2 fully saturated rings. The van der Waals surface area contributed by atoms with Crippen molar-refractivity contribution in [2.45, 2.75) is 70.6 Å². The normalized spacial score (nSPS) is 24.8. The number of hydrogen-bond donors (Lipinski definition) is 3. The molecule has 0 radical (unpaired) electrons. The van der Waals surface area contributed by atoms with Gasteiger partial charge in [0.05, 0.1) is 6.04 Å². The molecule has 27 heavy (non-hydrogen) atoms. The molecule has 2 rings (SSSR count). The Bertz CT molecular complexity index is 609. The van der Waals surface area contributed by atoms with Crippen molar-refractivity contribution >= 4 is 23.7 Å². The molecule has 2 saturated heterocycles. The number of hydrogen-bond acceptors (Lipinski definition) is 5. The molecule has 2 heterocycles. The van der Waals surface area contributed by atoms with Gasteiger partial charge in [-0.15, -0.1) is 0 Å². The van der Waals surface area contributed by atoms with E-state index in [2.05, 4.69) is 5.32 Å². The average Bonchev–Trinajstić information content (AvgIpc) is 3.28. The zero-order chi connectivity index (χ0) is 20.3. The van der Waals surface area contributed by atoms with E-state index >= 15 is 0 Å². The number of likely N-dealkylation sites (tertiary alicyclic amines) is 2. The molecule has 3 amide bonds. The summed E-state index contributed by atoms with van der Waals surface area (Å²) in [4.78, 5) is 52.1. The number of carboxylic acids is 1. The Labute approximate surface area is 159 Å². The highest BCUT2D eigenvalue weighted by molar-refractivity contribution is 5.94. The topological polar surface area (TPSA) is 133 Å². The van der Waals surface area contributed by atoms with Crippen molar-refractivity contribution in [3.8, 4) is 0 Å². The summed E-state index contributed by atoms with van der Waals surface area (Å²) < 4.78 is 0. The van der Waals surface area contributed by atoms with Crippen LogP contribution in [-0.2, 0) is 19.2 Å². The van der Waals surface area contributed by atoms with E-state index in [9.17, 15) is 19.2 Å². The predicted octanol–water partition coefficient (Wildman–Crippen LogP) is -0.459. The molecule has 0 aromatic heterocycles. The van der Waals surface area contributed by atoms with Crippen LogP contribution in [0.4, 0.5) is 0 Å². The van der Waals surface area contributed by atoms with Gasteiger partial charge in [-0.2, -0.15) is 0 Å². The van der Waals surface area contributed by atoms with E-state index in [0.29, 0.717) is 38.8 Å². The van der Waals surface area contributed by atoms with Crippen molar-refractivity contribution in [2.24, 2.45) is 11.7 Å². The minimum atomic E-state index is -1.13. The first kappa shape index (κ1) is 21.1. The van der Waals surface area contributed by atoms with Gasteiger partial charge in [0.15, 0.2) is 0 Å². The Morgan fingerprint density at radius 1 is 1.00 bits per heavy atom. The van der Waals surface area contributed by atoms with Gasteiger partial charge < -0.3 is 26.0 Å². The molecule has 4 N–H and O–H groups in total. The summed E-state index contributed by atoms with van der Waals surface area (Å²) in [7, 11) is 0. The van der Waals surface area contributed by atoms with Crippen LogP contribution in [0, 0.1) is 5.92 Å². The average molecular weight is 382 g/mol. The molecule has 0 aromatic carbocycles. The van der Waals surface area contributed by atoms with Crippen molar-refractivity contribution in [2.75, 3.05) is 13.1 Å². The molecule has 0 saturated carbocycles. The lowest BCUT2D eigenvalue weighted by molar-refractivity contribution is -0.148. The predicted molar refractivity (Wildman–Crippen MR) is 97.5 cm³/mol. The van der Waals surface area contributed by atoms with E-state index in [4.69, 9.17) is 10.8 Å². The monoisotopic (exact) mass is 382 g/mol. The Hall–Kier alpha value is -2.16. The van der Waals surface area contributed by atoms with Gasteiger partial charge >= 0.3 is 5.97 Å². The smallest absolute Gasteiger partial charge is 0.325 e. The number of rotatable bonds is 6. The standard InChI is InChI=1S/C18H30N4O5/c1-10(2)14(19)17(25)22-9-5-7-13(22)16(24)21-8-4-6-12(21)15(23)20-11(3)18(26)27/h10-14H,4-9,19H2,1-3H3,(H,20,23)(H,26,27). The molecule has 0 aliphatic carbocycles. The number of nitrogens with two attached hydrogens (primary N) is 1. The fourth-order valence-corrected chi connectivity index (χ4v) is 3.63. The third-order valence-corrected chi connectivity index (χ3v) is 5.39. The summed E-state index contributed by atoms with van der Waals surface area (Å²) in [6.07, 6.45) is 2.41. The van der Waals surface area contributed by atoms with Crippen LogP contribution in [0.25, 0.3) is 0 Å². The number of aliphatic carboxylic acids is 1. The van der Waals surface area contributed by atoms with Crippen molar-refractivity contribution in [1.82, 2.24) is 15.1 Å². The highest BCUT2D eigenvalue weighted by atomic mass is 16.4. The Morgan fingerprint density at radius 3 is 2.11 bits per heavy atom. The third-order valence-electron chi connectivity index (χ3n) is 5.39. The summed E-state index contributed by atoms with van der Waals surface area (Å²) in [5.41, 5.74) is 5.98. The van der Waals surface area contributed by atoms with Crippen LogP contribution in [0.1, 0.15) is 46.5 Å². The molecule has 9 nitrogen and oxygen atoms in total. The van der Waals surface area contributed by atoms with Gasteiger partial charge in [0.2, 0.25) is 17.7 Å². The van der Waals surface area contributed by atoms with E-state index in [1.54, 1.807) is 4.90 Å². The molecule has 9 heteroatoms. The highest BCUT2D eigenvalue weighted by Gasteiger charge is 2.43. The molecule has 4 unspecified atom stereocenters. The Morgan fingerprint density at radius 2 is 1.56 bits per heavy atom. The number of nitrogens with one attached hydrogen (secondary N) is 1. The lowest BCUT2D eigenvalue weighted by atomic mass is 10.0. The van der Waals surface area contributed by atoms with Crippen LogP contribution in [0.15, 0.2) is 0 Å².